The molecule has 0 aliphatic carbocycles. The first-order valence-corrected chi connectivity index (χ1v) is 8.41. The lowest BCUT2D eigenvalue weighted by atomic mass is 10.1. The van der Waals surface area contributed by atoms with E-state index in [1.807, 2.05) is 26.8 Å². The van der Waals surface area contributed by atoms with Crippen molar-refractivity contribution in [3.63, 3.8) is 0 Å². The first-order valence-electron chi connectivity index (χ1n) is 6.55. The fourth-order valence-electron chi connectivity index (χ4n) is 1.77. The molecule has 0 fully saturated rings. The van der Waals surface area contributed by atoms with Gasteiger partial charge in [0.15, 0.2) is 0 Å². The van der Waals surface area contributed by atoms with Gasteiger partial charge in [0, 0.05) is 10.7 Å². The Balaban J connectivity index is 2.33. The number of nitrogens with one attached hydrogen (secondary N) is 1. The molecule has 6 heteroatoms. The van der Waals surface area contributed by atoms with Crippen LogP contribution in [0.25, 0.3) is 0 Å². The lowest BCUT2D eigenvalue weighted by molar-refractivity contribution is 0.601. The predicted molar refractivity (Wildman–Crippen MR) is 85.3 cm³/mol. The highest BCUT2D eigenvalue weighted by Crippen LogP contribution is 2.22. The zero-order valence-electron chi connectivity index (χ0n) is 12.1. The highest BCUT2D eigenvalue weighted by Gasteiger charge is 2.16. The predicted octanol–water partition coefficient (Wildman–Crippen LogP) is 3.97. The number of rotatable bonds is 4. The minimum absolute atomic E-state index is 0.120. The summed E-state index contributed by atoms with van der Waals surface area (Å²) in [4.78, 5) is 4.42. The summed E-state index contributed by atoms with van der Waals surface area (Å²) < 4.78 is 27.2. The van der Waals surface area contributed by atoms with Crippen LogP contribution in [0.5, 0.6) is 0 Å². The molecule has 1 N–H and O–H groups in total. The summed E-state index contributed by atoms with van der Waals surface area (Å²) in [6, 6.07) is 9.91. The van der Waals surface area contributed by atoms with Crippen molar-refractivity contribution in [2.75, 3.05) is 4.72 Å². The molecule has 2 rings (SSSR count). The van der Waals surface area contributed by atoms with Crippen LogP contribution in [0.15, 0.2) is 41.3 Å². The van der Waals surface area contributed by atoms with Crippen molar-refractivity contribution in [2.45, 2.75) is 31.6 Å². The molecule has 112 valence electrons. The number of anilines is 1. The normalized spacial score (nSPS) is 11.7. The van der Waals surface area contributed by atoms with Crippen LogP contribution < -0.4 is 4.72 Å². The van der Waals surface area contributed by atoms with Gasteiger partial charge in [-0.15, -0.1) is 0 Å². The van der Waals surface area contributed by atoms with E-state index < -0.39 is 10.0 Å². The quantitative estimate of drug-likeness (QED) is 0.925. The Labute approximate surface area is 130 Å². The van der Waals surface area contributed by atoms with Gasteiger partial charge in [-0.1, -0.05) is 37.6 Å². The zero-order chi connectivity index (χ0) is 15.6. The van der Waals surface area contributed by atoms with Crippen molar-refractivity contribution in [1.82, 2.24) is 4.98 Å². The molecule has 0 radical (unpaired) electrons. The third-order valence-corrected chi connectivity index (χ3v) is 4.81. The number of aromatic nitrogens is 1. The SMILES string of the molecule is Cc1ccc(S(=O)(=O)Nc2cccc(C(C)C)n2)cc1Cl. The molecule has 0 saturated heterocycles. The van der Waals surface area contributed by atoms with Crippen LogP contribution in [0.4, 0.5) is 5.82 Å². The highest BCUT2D eigenvalue weighted by molar-refractivity contribution is 7.92. The molecule has 0 aliphatic heterocycles. The molecule has 4 nitrogen and oxygen atoms in total. The summed E-state index contributed by atoms with van der Waals surface area (Å²) in [6.07, 6.45) is 0. The van der Waals surface area contributed by atoms with E-state index in [0.29, 0.717) is 10.8 Å². The molecule has 2 aromatic rings. The molecule has 0 amide bonds. The van der Waals surface area contributed by atoms with Crippen molar-refractivity contribution >= 4 is 27.4 Å². The van der Waals surface area contributed by atoms with Crippen LogP contribution in [-0.4, -0.2) is 13.4 Å². The smallest absolute Gasteiger partial charge is 0.263 e. The number of nitrogens with zero attached hydrogens (tertiary/aromatic N) is 1. The van der Waals surface area contributed by atoms with E-state index in [9.17, 15) is 8.42 Å². The van der Waals surface area contributed by atoms with E-state index in [4.69, 9.17) is 11.6 Å². The molecule has 1 heterocycles. The minimum Gasteiger partial charge on any atom is -0.263 e. The van der Waals surface area contributed by atoms with Crippen molar-refractivity contribution in [2.24, 2.45) is 0 Å². The van der Waals surface area contributed by atoms with Crippen molar-refractivity contribution in [3.05, 3.63) is 52.7 Å². The van der Waals surface area contributed by atoms with E-state index in [1.165, 1.54) is 12.1 Å². The van der Waals surface area contributed by atoms with Gasteiger partial charge in [-0.25, -0.2) is 13.4 Å². The summed E-state index contributed by atoms with van der Waals surface area (Å²) >= 11 is 5.98. The van der Waals surface area contributed by atoms with E-state index in [0.717, 1.165) is 11.3 Å². The van der Waals surface area contributed by atoms with Crippen molar-refractivity contribution in [1.29, 1.82) is 0 Å². The van der Waals surface area contributed by atoms with Gasteiger partial charge >= 0.3 is 0 Å². The van der Waals surface area contributed by atoms with Crippen LogP contribution in [-0.2, 0) is 10.0 Å². The van der Waals surface area contributed by atoms with E-state index in [1.54, 1.807) is 18.2 Å². The molecule has 1 aromatic carbocycles. The first-order chi connectivity index (χ1) is 9.79. The maximum Gasteiger partial charge on any atom is 0.263 e. The number of aryl methyl sites for hydroxylation is 1. The van der Waals surface area contributed by atoms with E-state index >= 15 is 0 Å². The van der Waals surface area contributed by atoms with Gasteiger partial charge in [0.2, 0.25) is 0 Å². The topological polar surface area (TPSA) is 59.1 Å². The largest absolute Gasteiger partial charge is 0.263 e. The molecule has 0 saturated carbocycles. The third kappa shape index (κ3) is 3.74. The minimum atomic E-state index is -3.69. The third-order valence-electron chi connectivity index (χ3n) is 3.05. The Morgan fingerprint density at radius 1 is 1.19 bits per heavy atom. The van der Waals surface area contributed by atoms with Gasteiger partial charge in [0.25, 0.3) is 10.0 Å². The second-order valence-electron chi connectivity index (χ2n) is 5.12. The number of sulfonamides is 1. The Bertz CT molecular complexity index is 758. The number of halogens is 1. The lowest BCUT2D eigenvalue weighted by Gasteiger charge is -2.10. The van der Waals surface area contributed by atoms with Gasteiger partial charge in [0.1, 0.15) is 5.82 Å². The molecular formula is C15H17ClN2O2S. The van der Waals surface area contributed by atoms with Crippen LogP contribution in [0.3, 0.4) is 0 Å². The van der Waals surface area contributed by atoms with E-state index in [2.05, 4.69) is 9.71 Å². The Kier molecular flexibility index (Phi) is 4.54. The Hall–Kier alpha value is -1.59. The van der Waals surface area contributed by atoms with Gasteiger partial charge in [-0.3, -0.25) is 4.72 Å². The average molecular weight is 325 g/mol. The standard InChI is InChI=1S/C15H17ClN2O2S/c1-10(2)14-5-4-6-15(17-14)18-21(19,20)12-8-7-11(3)13(16)9-12/h4-10H,1-3H3,(H,17,18). The molecule has 0 bridgehead atoms. The Morgan fingerprint density at radius 3 is 2.52 bits per heavy atom. The molecule has 1 aromatic heterocycles. The van der Waals surface area contributed by atoms with Gasteiger partial charge < -0.3 is 0 Å². The molecule has 0 spiro atoms. The number of benzene rings is 1. The summed E-state index contributed by atoms with van der Waals surface area (Å²) in [5.74, 6) is 0.529. The molecule has 0 aliphatic rings. The van der Waals surface area contributed by atoms with Crippen molar-refractivity contribution < 1.29 is 8.42 Å². The average Bonchev–Trinajstić information content (AvgIpc) is 2.41. The summed E-state index contributed by atoms with van der Waals surface area (Å²) in [5, 5.41) is 0.418. The number of hydrogen-bond donors (Lipinski definition) is 1. The second-order valence-corrected chi connectivity index (χ2v) is 7.21. The number of hydrogen-bond acceptors (Lipinski definition) is 3. The maximum atomic E-state index is 12.3. The molecular weight excluding hydrogens is 308 g/mol. The fraction of sp³-hybridized carbons (Fsp3) is 0.267. The Morgan fingerprint density at radius 2 is 1.90 bits per heavy atom. The maximum absolute atomic E-state index is 12.3. The summed E-state index contributed by atoms with van der Waals surface area (Å²) in [5.41, 5.74) is 1.66. The summed E-state index contributed by atoms with van der Waals surface area (Å²) in [7, 11) is -3.69. The highest BCUT2D eigenvalue weighted by atomic mass is 35.5. The van der Waals surface area contributed by atoms with Crippen LogP contribution >= 0.6 is 11.6 Å². The van der Waals surface area contributed by atoms with Crippen LogP contribution in [0, 0.1) is 6.92 Å². The van der Waals surface area contributed by atoms with Gasteiger partial charge in [0.05, 0.1) is 4.90 Å². The van der Waals surface area contributed by atoms with E-state index in [-0.39, 0.29) is 10.8 Å². The first kappa shape index (κ1) is 15.8. The summed E-state index contributed by atoms with van der Waals surface area (Å²) in [6.45, 7) is 5.82. The van der Waals surface area contributed by atoms with Crippen LogP contribution in [0.2, 0.25) is 5.02 Å². The van der Waals surface area contributed by atoms with Gasteiger partial charge in [-0.2, -0.15) is 0 Å². The fourth-order valence-corrected chi connectivity index (χ4v) is 3.04. The lowest BCUT2D eigenvalue weighted by Crippen LogP contribution is -2.14. The second kappa shape index (κ2) is 6.03. The van der Waals surface area contributed by atoms with Gasteiger partial charge in [-0.05, 0) is 42.7 Å². The monoisotopic (exact) mass is 324 g/mol. The molecule has 0 unspecified atom stereocenters. The molecule has 21 heavy (non-hydrogen) atoms. The number of pyridine rings is 1. The molecule has 0 atom stereocenters. The van der Waals surface area contributed by atoms with Crippen molar-refractivity contribution in [3.8, 4) is 0 Å². The zero-order valence-corrected chi connectivity index (χ0v) is 13.7. The van der Waals surface area contributed by atoms with Crippen LogP contribution in [0.1, 0.15) is 31.0 Å².